The zero-order valence-electron chi connectivity index (χ0n) is 12.7. The average molecular weight is 374 g/mol. The van der Waals surface area contributed by atoms with Gasteiger partial charge in [-0.05, 0) is 50.5 Å². The van der Waals surface area contributed by atoms with E-state index in [1.807, 2.05) is 35.9 Å². The molecule has 0 unspecified atom stereocenters. The predicted octanol–water partition coefficient (Wildman–Crippen LogP) is 3.33. The molecule has 4 rings (SSSR count). The van der Waals surface area contributed by atoms with Crippen molar-refractivity contribution < 1.29 is 4.52 Å². The fraction of sp³-hybridized carbons (Fsp3) is 0.312. The van der Waals surface area contributed by atoms with Crippen LogP contribution in [0.4, 0.5) is 0 Å². The Bertz CT molecular complexity index is 848. The maximum atomic E-state index is 6.25. The third-order valence-corrected chi connectivity index (χ3v) is 4.96. The van der Waals surface area contributed by atoms with Gasteiger partial charge < -0.3 is 10.3 Å². The van der Waals surface area contributed by atoms with Crippen molar-refractivity contribution in [2.24, 2.45) is 5.73 Å². The second-order valence-electron chi connectivity index (χ2n) is 5.96. The van der Waals surface area contributed by atoms with Crippen LogP contribution < -0.4 is 5.73 Å². The van der Waals surface area contributed by atoms with E-state index in [0.29, 0.717) is 11.7 Å². The number of halogens is 1. The number of benzene rings is 1. The molecule has 0 aliphatic heterocycles. The SMILES string of the molecule is Cc1c(-c2nc(C3(N)CCC3)no2)cnn1-c1ccc(Br)cc1. The first kappa shape index (κ1) is 14.6. The van der Waals surface area contributed by atoms with Crippen molar-refractivity contribution >= 4 is 15.9 Å². The molecule has 1 aromatic carbocycles. The largest absolute Gasteiger partial charge is 0.334 e. The second-order valence-corrected chi connectivity index (χ2v) is 6.88. The van der Waals surface area contributed by atoms with Crippen LogP contribution in [0.15, 0.2) is 39.5 Å². The van der Waals surface area contributed by atoms with Crippen LogP contribution in [0.5, 0.6) is 0 Å². The summed E-state index contributed by atoms with van der Waals surface area (Å²) >= 11 is 3.44. The van der Waals surface area contributed by atoms with Gasteiger partial charge in [0.15, 0.2) is 5.82 Å². The summed E-state index contributed by atoms with van der Waals surface area (Å²) in [7, 11) is 0. The molecule has 1 aliphatic carbocycles. The second kappa shape index (κ2) is 5.28. The Hall–Kier alpha value is -1.99. The molecule has 1 fully saturated rings. The quantitative estimate of drug-likeness (QED) is 0.760. The molecule has 2 N–H and O–H groups in total. The number of rotatable bonds is 3. The molecule has 2 aromatic heterocycles. The molecule has 118 valence electrons. The van der Waals surface area contributed by atoms with Gasteiger partial charge in [-0.15, -0.1) is 0 Å². The van der Waals surface area contributed by atoms with E-state index < -0.39 is 5.54 Å². The molecule has 0 radical (unpaired) electrons. The van der Waals surface area contributed by atoms with Crippen LogP contribution in [0.25, 0.3) is 17.1 Å². The van der Waals surface area contributed by atoms with Gasteiger partial charge in [0.25, 0.3) is 5.89 Å². The van der Waals surface area contributed by atoms with Crippen LogP contribution in [0, 0.1) is 6.92 Å². The van der Waals surface area contributed by atoms with Gasteiger partial charge in [-0.3, -0.25) is 0 Å². The van der Waals surface area contributed by atoms with Crippen molar-refractivity contribution in [1.29, 1.82) is 0 Å². The number of hydrogen-bond acceptors (Lipinski definition) is 5. The molecule has 0 bridgehead atoms. The van der Waals surface area contributed by atoms with Crippen LogP contribution in [0.2, 0.25) is 0 Å². The van der Waals surface area contributed by atoms with E-state index in [1.54, 1.807) is 6.20 Å². The summed E-state index contributed by atoms with van der Waals surface area (Å²) in [5, 5.41) is 8.51. The zero-order chi connectivity index (χ0) is 16.0. The van der Waals surface area contributed by atoms with Gasteiger partial charge in [0.1, 0.15) is 0 Å². The Morgan fingerprint density at radius 1 is 1.26 bits per heavy atom. The fourth-order valence-corrected chi connectivity index (χ4v) is 3.04. The maximum Gasteiger partial charge on any atom is 0.261 e. The summed E-state index contributed by atoms with van der Waals surface area (Å²) in [5.41, 5.74) is 8.59. The molecule has 0 saturated heterocycles. The third-order valence-electron chi connectivity index (χ3n) is 4.43. The van der Waals surface area contributed by atoms with E-state index in [4.69, 9.17) is 10.3 Å². The van der Waals surface area contributed by atoms with E-state index >= 15 is 0 Å². The molecule has 6 nitrogen and oxygen atoms in total. The Morgan fingerprint density at radius 3 is 2.65 bits per heavy atom. The summed E-state index contributed by atoms with van der Waals surface area (Å²) in [6, 6.07) is 7.96. The highest BCUT2D eigenvalue weighted by Crippen LogP contribution is 2.38. The first-order valence-electron chi connectivity index (χ1n) is 7.51. The van der Waals surface area contributed by atoms with Crippen molar-refractivity contribution in [2.75, 3.05) is 0 Å². The smallest absolute Gasteiger partial charge is 0.261 e. The molecule has 0 atom stereocenters. The Balaban J connectivity index is 1.69. The number of nitrogens with zero attached hydrogens (tertiary/aromatic N) is 4. The molecular formula is C16H16BrN5O. The average Bonchev–Trinajstić information content (AvgIpc) is 3.13. The summed E-state index contributed by atoms with van der Waals surface area (Å²) in [6.07, 6.45) is 4.67. The molecule has 1 aliphatic rings. The zero-order valence-corrected chi connectivity index (χ0v) is 14.2. The minimum atomic E-state index is -0.419. The van der Waals surface area contributed by atoms with Crippen LogP contribution in [0.1, 0.15) is 30.8 Å². The van der Waals surface area contributed by atoms with Crippen molar-refractivity contribution in [3.05, 3.63) is 46.5 Å². The van der Waals surface area contributed by atoms with Crippen LogP contribution in [0.3, 0.4) is 0 Å². The van der Waals surface area contributed by atoms with Gasteiger partial charge in [0, 0.05) is 4.47 Å². The third kappa shape index (κ3) is 2.40. The summed E-state index contributed by atoms with van der Waals surface area (Å²) in [6.45, 7) is 1.98. The fourth-order valence-electron chi connectivity index (χ4n) is 2.78. The van der Waals surface area contributed by atoms with Gasteiger partial charge >= 0.3 is 0 Å². The van der Waals surface area contributed by atoms with Crippen molar-refractivity contribution in [2.45, 2.75) is 31.7 Å². The summed E-state index contributed by atoms with van der Waals surface area (Å²) in [5.74, 6) is 1.06. The lowest BCUT2D eigenvalue weighted by atomic mass is 9.77. The summed E-state index contributed by atoms with van der Waals surface area (Å²) < 4.78 is 8.30. The van der Waals surface area contributed by atoms with Gasteiger partial charge in [-0.25, -0.2) is 4.68 Å². The van der Waals surface area contributed by atoms with E-state index in [1.165, 1.54) is 0 Å². The molecule has 1 saturated carbocycles. The van der Waals surface area contributed by atoms with E-state index in [9.17, 15) is 0 Å². The Morgan fingerprint density at radius 2 is 2.00 bits per heavy atom. The molecule has 2 heterocycles. The number of aromatic nitrogens is 4. The molecule has 23 heavy (non-hydrogen) atoms. The van der Waals surface area contributed by atoms with Gasteiger partial charge in [0.2, 0.25) is 0 Å². The monoisotopic (exact) mass is 373 g/mol. The van der Waals surface area contributed by atoms with Crippen LogP contribution in [-0.2, 0) is 5.54 Å². The lowest BCUT2D eigenvalue weighted by Gasteiger charge is -2.34. The van der Waals surface area contributed by atoms with E-state index in [2.05, 4.69) is 31.2 Å². The number of hydrogen-bond donors (Lipinski definition) is 1. The lowest BCUT2D eigenvalue weighted by Crippen LogP contribution is -2.44. The van der Waals surface area contributed by atoms with Crippen molar-refractivity contribution in [3.63, 3.8) is 0 Å². The molecular weight excluding hydrogens is 358 g/mol. The maximum absolute atomic E-state index is 6.25. The molecule has 7 heteroatoms. The highest BCUT2D eigenvalue weighted by Gasteiger charge is 2.39. The first-order chi connectivity index (χ1) is 11.1. The highest BCUT2D eigenvalue weighted by atomic mass is 79.9. The summed E-state index contributed by atoms with van der Waals surface area (Å²) in [4.78, 5) is 4.49. The van der Waals surface area contributed by atoms with E-state index in [-0.39, 0.29) is 0 Å². The van der Waals surface area contributed by atoms with Gasteiger partial charge in [0.05, 0.1) is 28.7 Å². The van der Waals surface area contributed by atoms with Gasteiger partial charge in [-0.1, -0.05) is 21.1 Å². The topological polar surface area (TPSA) is 82.8 Å². The Labute approximate surface area is 141 Å². The van der Waals surface area contributed by atoms with Crippen molar-refractivity contribution in [1.82, 2.24) is 19.9 Å². The standard InChI is InChI=1S/C16H16BrN5O/c1-10-13(9-19-22(10)12-5-3-11(17)4-6-12)14-20-15(21-23-14)16(18)7-2-8-16/h3-6,9H,2,7-8,18H2,1H3. The normalized spacial score (nSPS) is 16.3. The van der Waals surface area contributed by atoms with Crippen LogP contribution >= 0.6 is 15.9 Å². The minimum Gasteiger partial charge on any atom is -0.334 e. The number of nitrogens with two attached hydrogens (primary N) is 1. The molecule has 0 spiro atoms. The van der Waals surface area contributed by atoms with Crippen molar-refractivity contribution in [3.8, 4) is 17.1 Å². The highest BCUT2D eigenvalue weighted by molar-refractivity contribution is 9.10. The first-order valence-corrected chi connectivity index (χ1v) is 8.30. The van der Waals surface area contributed by atoms with Crippen LogP contribution in [-0.4, -0.2) is 19.9 Å². The van der Waals surface area contributed by atoms with E-state index in [0.717, 1.165) is 40.7 Å². The molecule has 3 aromatic rings. The predicted molar refractivity (Wildman–Crippen MR) is 89.0 cm³/mol. The Kier molecular flexibility index (Phi) is 3.35. The minimum absolute atomic E-state index is 0.419. The molecule has 0 amide bonds. The van der Waals surface area contributed by atoms with Gasteiger partial charge in [-0.2, -0.15) is 10.1 Å². The lowest BCUT2D eigenvalue weighted by molar-refractivity contribution is 0.229.